The number of rotatable bonds is 4. The molecule has 2 bridgehead atoms. The van der Waals surface area contributed by atoms with Crippen LogP contribution >= 0.6 is 0 Å². The van der Waals surface area contributed by atoms with E-state index >= 15 is 0 Å². The fraction of sp³-hybridized carbons (Fsp3) is 0.526. The Kier molecular flexibility index (Phi) is 3.98. The Morgan fingerprint density at radius 1 is 1.22 bits per heavy atom. The summed E-state index contributed by atoms with van der Waals surface area (Å²) < 4.78 is 42.2. The SMILES string of the molecule is Cc1ccccc1OC(=O)C1C2CC3C(OC(=O)C31)C2OC(=O)C(C)(F)F. The Balaban J connectivity index is 1.58. The lowest BCUT2D eigenvalue weighted by molar-refractivity contribution is -0.185. The number of hydrogen-bond donors (Lipinski definition) is 0. The minimum atomic E-state index is -3.67. The number of alkyl halides is 2. The monoisotopic (exact) mass is 380 g/mol. The highest BCUT2D eigenvalue weighted by atomic mass is 19.3. The normalized spacial score (nSPS) is 33.7. The van der Waals surface area contributed by atoms with E-state index in [0.717, 1.165) is 5.56 Å². The van der Waals surface area contributed by atoms with Gasteiger partial charge >= 0.3 is 23.8 Å². The maximum Gasteiger partial charge on any atom is 0.377 e. The van der Waals surface area contributed by atoms with Gasteiger partial charge in [0.05, 0.1) is 11.8 Å². The van der Waals surface area contributed by atoms with Crippen LogP contribution in [0.15, 0.2) is 24.3 Å². The van der Waals surface area contributed by atoms with Gasteiger partial charge in [0.2, 0.25) is 0 Å². The van der Waals surface area contributed by atoms with Gasteiger partial charge in [0.1, 0.15) is 18.0 Å². The summed E-state index contributed by atoms with van der Waals surface area (Å²) >= 11 is 0. The molecule has 1 saturated heterocycles. The lowest BCUT2D eigenvalue weighted by atomic mass is 9.78. The van der Waals surface area contributed by atoms with Crippen LogP contribution in [0.1, 0.15) is 18.9 Å². The highest BCUT2D eigenvalue weighted by molar-refractivity contribution is 5.87. The van der Waals surface area contributed by atoms with Crippen molar-refractivity contribution in [3.63, 3.8) is 0 Å². The van der Waals surface area contributed by atoms with Crippen LogP contribution in [0.2, 0.25) is 0 Å². The van der Waals surface area contributed by atoms with Crippen LogP contribution < -0.4 is 4.74 Å². The van der Waals surface area contributed by atoms with Crippen molar-refractivity contribution in [2.45, 2.75) is 38.4 Å². The van der Waals surface area contributed by atoms with Crippen LogP contribution in [-0.2, 0) is 23.9 Å². The quantitative estimate of drug-likeness (QED) is 0.589. The summed E-state index contributed by atoms with van der Waals surface area (Å²) in [7, 11) is 0. The Labute approximate surface area is 153 Å². The Morgan fingerprint density at radius 2 is 1.93 bits per heavy atom. The maximum atomic E-state index is 13.2. The third kappa shape index (κ3) is 2.78. The molecule has 27 heavy (non-hydrogen) atoms. The summed E-state index contributed by atoms with van der Waals surface area (Å²) in [5.74, 6) is -8.69. The minimum Gasteiger partial charge on any atom is -0.458 e. The number of carbonyl (C=O) groups excluding carboxylic acids is 3. The van der Waals surface area contributed by atoms with Gasteiger partial charge in [0.15, 0.2) is 0 Å². The number of fused-ring (bicyclic) bond motifs is 1. The van der Waals surface area contributed by atoms with Crippen LogP contribution in [-0.4, -0.2) is 36.0 Å². The van der Waals surface area contributed by atoms with Crippen molar-refractivity contribution in [2.75, 3.05) is 0 Å². The topological polar surface area (TPSA) is 78.9 Å². The molecule has 0 N–H and O–H groups in total. The molecule has 4 rings (SSSR count). The summed E-state index contributed by atoms with van der Waals surface area (Å²) in [6.07, 6.45) is -1.45. The lowest BCUT2D eigenvalue weighted by Gasteiger charge is -2.30. The standard InChI is InChI=1S/C19H18F2O6/c1-8-5-3-4-6-11(8)25-16(22)12-10-7-9-13(12)17(23)26-14(9)15(10)27-18(24)19(2,20)21/h3-6,9-10,12-15H,7H2,1-2H3. The van der Waals surface area contributed by atoms with Gasteiger partial charge in [-0.1, -0.05) is 18.2 Å². The zero-order chi connectivity index (χ0) is 19.5. The fourth-order valence-corrected chi connectivity index (χ4v) is 4.54. The van der Waals surface area contributed by atoms with Crippen LogP contribution in [0.3, 0.4) is 0 Å². The number of hydrogen-bond acceptors (Lipinski definition) is 6. The van der Waals surface area contributed by atoms with Crippen molar-refractivity contribution in [2.24, 2.45) is 23.7 Å². The molecule has 6 atom stereocenters. The van der Waals surface area contributed by atoms with Crippen molar-refractivity contribution < 1.29 is 37.4 Å². The molecule has 1 aliphatic heterocycles. The minimum absolute atomic E-state index is 0.333. The van der Waals surface area contributed by atoms with E-state index in [1.807, 2.05) is 0 Å². The van der Waals surface area contributed by atoms with Gasteiger partial charge in [0, 0.05) is 18.8 Å². The van der Waals surface area contributed by atoms with Crippen molar-refractivity contribution in [3.8, 4) is 5.75 Å². The summed E-state index contributed by atoms with van der Waals surface area (Å²) in [4.78, 5) is 36.7. The largest absolute Gasteiger partial charge is 0.458 e. The Bertz CT molecular complexity index is 817. The molecule has 144 valence electrons. The number of halogens is 2. The molecule has 1 aromatic rings. The highest BCUT2D eigenvalue weighted by Gasteiger charge is 2.70. The second-order valence-electron chi connectivity index (χ2n) is 7.46. The molecule has 0 aromatic heterocycles. The Hall–Kier alpha value is -2.51. The van der Waals surface area contributed by atoms with E-state index in [4.69, 9.17) is 14.2 Å². The van der Waals surface area contributed by atoms with Crippen LogP contribution in [0.25, 0.3) is 0 Å². The Morgan fingerprint density at radius 3 is 2.59 bits per heavy atom. The number of carbonyl (C=O) groups is 3. The van der Waals surface area contributed by atoms with Gasteiger partial charge in [-0.2, -0.15) is 8.78 Å². The van der Waals surface area contributed by atoms with Crippen LogP contribution in [0, 0.1) is 30.6 Å². The number of esters is 3. The van der Waals surface area contributed by atoms with Crippen molar-refractivity contribution >= 4 is 17.9 Å². The number of para-hydroxylation sites is 1. The molecular weight excluding hydrogens is 362 g/mol. The average Bonchev–Trinajstić information content (AvgIpc) is 3.19. The number of ether oxygens (including phenoxy) is 3. The van der Waals surface area contributed by atoms with E-state index in [-0.39, 0.29) is 5.92 Å². The first kappa shape index (κ1) is 17.9. The van der Waals surface area contributed by atoms with Crippen LogP contribution in [0.5, 0.6) is 5.75 Å². The number of benzene rings is 1. The van der Waals surface area contributed by atoms with Crippen molar-refractivity contribution in [1.82, 2.24) is 0 Å². The van der Waals surface area contributed by atoms with Crippen molar-refractivity contribution in [3.05, 3.63) is 29.8 Å². The van der Waals surface area contributed by atoms with E-state index in [2.05, 4.69) is 0 Å². The first-order valence-electron chi connectivity index (χ1n) is 8.75. The molecule has 0 radical (unpaired) electrons. The van der Waals surface area contributed by atoms with Gasteiger partial charge in [0.25, 0.3) is 0 Å². The molecule has 1 heterocycles. The molecule has 3 aliphatic rings. The molecule has 8 heteroatoms. The molecular formula is C19H18F2O6. The van der Waals surface area contributed by atoms with Gasteiger partial charge in [-0.3, -0.25) is 9.59 Å². The van der Waals surface area contributed by atoms with E-state index in [0.29, 0.717) is 19.1 Å². The third-order valence-electron chi connectivity index (χ3n) is 5.72. The molecule has 2 aliphatic carbocycles. The van der Waals surface area contributed by atoms with Gasteiger partial charge in [-0.15, -0.1) is 0 Å². The van der Waals surface area contributed by atoms with E-state index in [1.54, 1.807) is 31.2 Å². The van der Waals surface area contributed by atoms with Gasteiger partial charge in [-0.25, -0.2) is 4.79 Å². The summed E-state index contributed by atoms with van der Waals surface area (Å²) in [5.41, 5.74) is 0.745. The number of aryl methyl sites for hydroxylation is 1. The van der Waals surface area contributed by atoms with Gasteiger partial charge in [-0.05, 0) is 25.0 Å². The summed E-state index contributed by atoms with van der Waals surface area (Å²) in [5, 5.41) is 0. The second kappa shape index (κ2) is 6.00. The van der Waals surface area contributed by atoms with E-state index < -0.39 is 53.8 Å². The predicted octanol–water partition coefficient (Wildman–Crippen LogP) is 2.27. The zero-order valence-corrected chi connectivity index (χ0v) is 14.7. The average molecular weight is 380 g/mol. The zero-order valence-electron chi connectivity index (χ0n) is 14.7. The molecule has 0 spiro atoms. The molecule has 6 nitrogen and oxygen atoms in total. The second-order valence-corrected chi connectivity index (χ2v) is 7.46. The lowest BCUT2D eigenvalue weighted by Crippen LogP contribution is -2.46. The molecule has 1 aromatic carbocycles. The van der Waals surface area contributed by atoms with Crippen molar-refractivity contribution in [1.29, 1.82) is 0 Å². The van der Waals surface area contributed by atoms with Gasteiger partial charge < -0.3 is 14.2 Å². The first-order valence-corrected chi connectivity index (χ1v) is 8.75. The summed E-state index contributed by atoms with van der Waals surface area (Å²) in [6.45, 7) is 2.22. The molecule has 0 amide bonds. The van der Waals surface area contributed by atoms with E-state index in [1.165, 1.54) is 0 Å². The van der Waals surface area contributed by atoms with E-state index in [9.17, 15) is 23.2 Å². The molecule has 6 unspecified atom stereocenters. The molecule has 2 saturated carbocycles. The fourth-order valence-electron chi connectivity index (χ4n) is 4.54. The third-order valence-corrected chi connectivity index (χ3v) is 5.72. The predicted molar refractivity (Wildman–Crippen MR) is 85.8 cm³/mol. The van der Waals surface area contributed by atoms with Crippen LogP contribution in [0.4, 0.5) is 8.78 Å². The summed E-state index contributed by atoms with van der Waals surface area (Å²) in [6, 6.07) is 6.91. The maximum absolute atomic E-state index is 13.2. The molecule has 3 fully saturated rings. The smallest absolute Gasteiger partial charge is 0.377 e. The highest BCUT2D eigenvalue weighted by Crippen LogP contribution is 2.59. The first-order chi connectivity index (χ1) is 12.7.